The lowest BCUT2D eigenvalue weighted by Gasteiger charge is -2.18. The number of hydrogen-bond acceptors (Lipinski definition) is 5. The minimum atomic E-state index is -0.234. The topological polar surface area (TPSA) is 67.3 Å². The highest BCUT2D eigenvalue weighted by Crippen LogP contribution is 2.14. The number of benzene rings is 2. The molecule has 1 aromatic heterocycles. The molecule has 0 atom stereocenters. The van der Waals surface area contributed by atoms with Crippen molar-refractivity contribution in [2.45, 2.75) is 13.1 Å². The summed E-state index contributed by atoms with van der Waals surface area (Å²) in [4.78, 5) is 22.8. The van der Waals surface area contributed by atoms with Gasteiger partial charge in [-0.3, -0.25) is 4.79 Å². The van der Waals surface area contributed by atoms with Crippen molar-refractivity contribution in [3.05, 3.63) is 83.8 Å². The zero-order chi connectivity index (χ0) is 19.1. The largest absolute Gasteiger partial charge is 0.497 e. The Balaban J connectivity index is 1.62. The molecular formula is C21H22N4O2. The summed E-state index contributed by atoms with van der Waals surface area (Å²) in [5.74, 6) is 1.25. The maximum absolute atomic E-state index is 12.4. The van der Waals surface area contributed by atoms with E-state index < -0.39 is 0 Å². The molecule has 0 saturated heterocycles. The second-order valence-corrected chi connectivity index (χ2v) is 6.13. The van der Waals surface area contributed by atoms with Crippen molar-refractivity contribution in [2.75, 3.05) is 19.1 Å². The lowest BCUT2D eigenvalue weighted by atomic mass is 10.2. The van der Waals surface area contributed by atoms with Crippen molar-refractivity contribution in [2.24, 2.45) is 0 Å². The van der Waals surface area contributed by atoms with Crippen LogP contribution in [-0.4, -0.2) is 30.0 Å². The summed E-state index contributed by atoms with van der Waals surface area (Å²) in [6, 6.07) is 19.4. The van der Waals surface area contributed by atoms with Crippen LogP contribution in [0.4, 0.5) is 5.82 Å². The average Bonchev–Trinajstić information content (AvgIpc) is 2.73. The first kappa shape index (κ1) is 18.4. The molecule has 3 aromatic rings. The second-order valence-electron chi connectivity index (χ2n) is 6.13. The van der Waals surface area contributed by atoms with Gasteiger partial charge in [-0.05, 0) is 23.3 Å². The molecule has 0 radical (unpaired) electrons. The van der Waals surface area contributed by atoms with E-state index >= 15 is 0 Å². The van der Waals surface area contributed by atoms with Gasteiger partial charge in [-0.25, -0.2) is 9.97 Å². The average molecular weight is 362 g/mol. The van der Waals surface area contributed by atoms with Crippen LogP contribution in [-0.2, 0) is 13.1 Å². The molecule has 0 fully saturated rings. The molecule has 3 rings (SSSR count). The molecule has 0 aliphatic rings. The van der Waals surface area contributed by atoms with Gasteiger partial charge in [0.25, 0.3) is 5.91 Å². The molecule has 1 N–H and O–H groups in total. The van der Waals surface area contributed by atoms with Gasteiger partial charge in [0.2, 0.25) is 0 Å². The van der Waals surface area contributed by atoms with Gasteiger partial charge in [0, 0.05) is 26.2 Å². The summed E-state index contributed by atoms with van der Waals surface area (Å²) >= 11 is 0. The van der Waals surface area contributed by atoms with E-state index in [0.29, 0.717) is 24.6 Å². The highest BCUT2D eigenvalue weighted by atomic mass is 16.5. The van der Waals surface area contributed by atoms with Gasteiger partial charge in [0.1, 0.15) is 23.6 Å². The van der Waals surface area contributed by atoms with Crippen LogP contribution in [0, 0.1) is 0 Å². The van der Waals surface area contributed by atoms with Crippen LogP contribution < -0.4 is 15.0 Å². The van der Waals surface area contributed by atoms with E-state index in [-0.39, 0.29) is 5.91 Å². The highest BCUT2D eigenvalue weighted by molar-refractivity contribution is 5.92. The summed E-state index contributed by atoms with van der Waals surface area (Å²) in [6.45, 7) is 1.12. The Hall–Kier alpha value is -3.41. The van der Waals surface area contributed by atoms with E-state index in [4.69, 9.17) is 4.74 Å². The number of rotatable bonds is 7. The molecule has 138 valence electrons. The van der Waals surface area contributed by atoms with E-state index in [1.54, 1.807) is 13.2 Å². The highest BCUT2D eigenvalue weighted by Gasteiger charge is 2.11. The van der Waals surface area contributed by atoms with E-state index in [1.807, 2.05) is 54.4 Å². The maximum Gasteiger partial charge on any atom is 0.270 e. The monoisotopic (exact) mass is 362 g/mol. The van der Waals surface area contributed by atoms with Crippen LogP contribution in [0.5, 0.6) is 5.75 Å². The number of nitrogens with one attached hydrogen (secondary N) is 1. The van der Waals surface area contributed by atoms with Crippen molar-refractivity contribution in [3.63, 3.8) is 0 Å². The van der Waals surface area contributed by atoms with E-state index in [9.17, 15) is 4.79 Å². The van der Waals surface area contributed by atoms with Crippen LogP contribution in [0.15, 0.2) is 67.0 Å². The Bertz CT molecular complexity index is 882. The Labute approximate surface area is 158 Å². The smallest absolute Gasteiger partial charge is 0.270 e. The minimum absolute atomic E-state index is 0.234. The molecule has 0 bridgehead atoms. The Morgan fingerprint density at radius 2 is 1.78 bits per heavy atom. The van der Waals surface area contributed by atoms with Crippen LogP contribution in [0.3, 0.4) is 0 Å². The van der Waals surface area contributed by atoms with Gasteiger partial charge in [-0.2, -0.15) is 0 Å². The van der Waals surface area contributed by atoms with Gasteiger partial charge in [0.05, 0.1) is 7.11 Å². The lowest BCUT2D eigenvalue weighted by molar-refractivity contribution is 0.0946. The van der Waals surface area contributed by atoms with E-state index in [1.165, 1.54) is 11.9 Å². The predicted octanol–water partition coefficient (Wildman–Crippen LogP) is 3.05. The molecule has 0 unspecified atom stereocenters. The van der Waals surface area contributed by atoms with Crippen molar-refractivity contribution >= 4 is 11.7 Å². The number of carbonyl (C=O) groups is 1. The number of methoxy groups -OCH3 is 1. The van der Waals surface area contributed by atoms with Crippen LogP contribution in [0.2, 0.25) is 0 Å². The van der Waals surface area contributed by atoms with Crippen molar-refractivity contribution in [1.29, 1.82) is 0 Å². The van der Waals surface area contributed by atoms with Gasteiger partial charge >= 0.3 is 0 Å². The number of hydrogen-bond donors (Lipinski definition) is 1. The third-order valence-corrected chi connectivity index (χ3v) is 4.15. The third-order valence-electron chi connectivity index (χ3n) is 4.15. The molecule has 27 heavy (non-hydrogen) atoms. The van der Waals surface area contributed by atoms with E-state index in [0.717, 1.165) is 11.3 Å². The molecule has 0 aliphatic heterocycles. The summed E-state index contributed by atoms with van der Waals surface area (Å²) in [7, 11) is 3.56. The first-order valence-corrected chi connectivity index (χ1v) is 8.64. The van der Waals surface area contributed by atoms with Crippen molar-refractivity contribution in [3.8, 4) is 5.75 Å². The Kier molecular flexibility index (Phi) is 5.99. The molecular weight excluding hydrogens is 340 g/mol. The van der Waals surface area contributed by atoms with E-state index in [2.05, 4.69) is 27.4 Å². The molecule has 0 saturated carbocycles. The van der Waals surface area contributed by atoms with Crippen LogP contribution in [0.1, 0.15) is 21.6 Å². The number of ether oxygens (including phenoxy) is 1. The molecule has 0 spiro atoms. The summed E-state index contributed by atoms with van der Waals surface area (Å²) < 4.78 is 5.13. The fourth-order valence-electron chi connectivity index (χ4n) is 2.63. The zero-order valence-electron chi connectivity index (χ0n) is 15.4. The normalized spacial score (nSPS) is 10.3. The molecule has 2 aromatic carbocycles. The second kappa shape index (κ2) is 8.80. The number of anilines is 1. The first-order chi connectivity index (χ1) is 13.2. The van der Waals surface area contributed by atoms with Crippen LogP contribution >= 0.6 is 0 Å². The van der Waals surface area contributed by atoms with Gasteiger partial charge in [-0.1, -0.05) is 42.5 Å². The van der Waals surface area contributed by atoms with Gasteiger partial charge < -0.3 is 15.0 Å². The molecule has 1 amide bonds. The van der Waals surface area contributed by atoms with Crippen molar-refractivity contribution in [1.82, 2.24) is 15.3 Å². The summed E-state index contributed by atoms with van der Waals surface area (Å²) in [5.41, 5.74) is 2.50. The molecule has 1 heterocycles. The lowest BCUT2D eigenvalue weighted by Crippen LogP contribution is -2.25. The first-order valence-electron chi connectivity index (χ1n) is 8.64. The predicted molar refractivity (Wildman–Crippen MR) is 105 cm³/mol. The number of carbonyl (C=O) groups excluding carboxylic acids is 1. The molecule has 6 nitrogen and oxygen atoms in total. The minimum Gasteiger partial charge on any atom is -0.497 e. The van der Waals surface area contributed by atoms with Gasteiger partial charge in [0.15, 0.2) is 0 Å². The fraction of sp³-hybridized carbons (Fsp3) is 0.190. The summed E-state index contributed by atoms with van der Waals surface area (Å²) in [5, 5.41) is 2.88. The quantitative estimate of drug-likeness (QED) is 0.700. The summed E-state index contributed by atoms with van der Waals surface area (Å²) in [6.07, 6.45) is 1.42. The standard InChI is InChI=1S/C21H22N4O2/c1-25(14-17-6-4-3-5-7-17)20-12-19(23-15-24-20)21(26)22-13-16-8-10-18(27-2)11-9-16/h3-12,15H,13-14H2,1-2H3,(H,22,26). The Morgan fingerprint density at radius 1 is 1.04 bits per heavy atom. The number of aromatic nitrogens is 2. The maximum atomic E-state index is 12.4. The SMILES string of the molecule is COc1ccc(CNC(=O)c2cc(N(C)Cc3ccccc3)ncn2)cc1. The fourth-order valence-corrected chi connectivity index (χ4v) is 2.63. The van der Waals surface area contributed by atoms with Gasteiger partial charge in [-0.15, -0.1) is 0 Å². The zero-order valence-corrected chi connectivity index (χ0v) is 15.4. The Morgan fingerprint density at radius 3 is 2.48 bits per heavy atom. The van der Waals surface area contributed by atoms with Crippen LogP contribution in [0.25, 0.3) is 0 Å². The number of nitrogens with zero attached hydrogens (tertiary/aromatic N) is 3. The van der Waals surface area contributed by atoms with Crippen molar-refractivity contribution < 1.29 is 9.53 Å². The molecule has 0 aliphatic carbocycles. The molecule has 6 heteroatoms. The third kappa shape index (κ3) is 5.04. The number of amides is 1.